The van der Waals surface area contributed by atoms with Crippen molar-refractivity contribution in [2.75, 3.05) is 6.61 Å². The van der Waals surface area contributed by atoms with Crippen molar-refractivity contribution >= 4 is 17.4 Å². The molecule has 0 unspecified atom stereocenters. The van der Waals surface area contributed by atoms with Gasteiger partial charge < -0.3 is 9.30 Å². The van der Waals surface area contributed by atoms with Crippen LogP contribution in [0, 0.1) is 10.1 Å². The van der Waals surface area contributed by atoms with Crippen molar-refractivity contribution < 1.29 is 19.2 Å². The molecule has 2 rings (SSSR count). The van der Waals surface area contributed by atoms with Crippen LogP contribution in [0.2, 0.25) is 0 Å². The topological polar surface area (TPSA) is 91.4 Å². The summed E-state index contributed by atoms with van der Waals surface area (Å²) in [7, 11) is 1.49. The van der Waals surface area contributed by atoms with Crippen LogP contribution in [0.4, 0.5) is 5.69 Å². The maximum atomic E-state index is 12.0. The van der Waals surface area contributed by atoms with Gasteiger partial charge in [-0.25, -0.2) is 4.79 Å². The molecule has 120 valence electrons. The Hall–Kier alpha value is -2.96. The van der Waals surface area contributed by atoms with Crippen LogP contribution < -0.4 is 0 Å². The van der Waals surface area contributed by atoms with Gasteiger partial charge in [-0.2, -0.15) is 0 Å². The molecule has 0 atom stereocenters. The molecular weight excluding hydrogens is 300 g/mol. The average Bonchev–Trinajstić information content (AvgIpc) is 2.94. The van der Waals surface area contributed by atoms with Gasteiger partial charge in [-0.05, 0) is 12.0 Å². The number of carbonyl (C=O) groups excluding carboxylic acids is 2. The number of aryl methyl sites for hydroxylation is 2. The number of Topliss-reactive ketones (excluding diaryl/α,β-unsaturated/α-hetero) is 1. The predicted octanol–water partition coefficient (Wildman–Crippen LogP) is 2.54. The molecule has 0 fully saturated rings. The molecule has 1 aromatic heterocycles. The van der Waals surface area contributed by atoms with E-state index < -0.39 is 17.5 Å². The molecule has 1 heterocycles. The molecule has 23 heavy (non-hydrogen) atoms. The van der Waals surface area contributed by atoms with E-state index in [0.717, 1.165) is 18.1 Å². The van der Waals surface area contributed by atoms with Crippen molar-refractivity contribution in [2.24, 2.45) is 7.05 Å². The Bertz CT molecular complexity index is 746. The smallest absolute Gasteiger partial charge is 0.355 e. The Labute approximate surface area is 132 Å². The van der Waals surface area contributed by atoms with Crippen LogP contribution in [-0.2, 0) is 18.2 Å². The lowest BCUT2D eigenvalue weighted by Gasteiger charge is -2.05. The molecule has 7 nitrogen and oxygen atoms in total. The zero-order valence-electron chi connectivity index (χ0n) is 12.8. The zero-order valence-corrected chi connectivity index (χ0v) is 12.8. The first-order valence-corrected chi connectivity index (χ1v) is 7.02. The van der Waals surface area contributed by atoms with Crippen LogP contribution in [0.1, 0.15) is 33.3 Å². The van der Waals surface area contributed by atoms with E-state index in [0.29, 0.717) is 5.56 Å². The lowest BCUT2D eigenvalue weighted by Crippen LogP contribution is -2.16. The van der Waals surface area contributed by atoms with Crippen LogP contribution in [0.5, 0.6) is 0 Å². The van der Waals surface area contributed by atoms with Gasteiger partial charge in [-0.15, -0.1) is 0 Å². The molecule has 0 radical (unpaired) electrons. The summed E-state index contributed by atoms with van der Waals surface area (Å²) in [5, 5.41) is 10.7. The standard InChI is InChI=1S/C16H16N2O5/c1-3-11-4-6-12(7-5-11)15(19)10-23-16(20)14-8-13(18(21)22)9-17(14)2/h4-9H,3,10H2,1-2H3. The molecule has 0 aliphatic heterocycles. The fraction of sp³-hybridized carbons (Fsp3) is 0.250. The minimum atomic E-state index is -0.779. The molecular formula is C16H16N2O5. The van der Waals surface area contributed by atoms with E-state index in [-0.39, 0.29) is 17.2 Å². The molecule has 0 saturated carbocycles. The summed E-state index contributed by atoms with van der Waals surface area (Å²) in [6, 6.07) is 8.17. The number of rotatable bonds is 6. The van der Waals surface area contributed by atoms with Gasteiger partial charge in [0.05, 0.1) is 11.1 Å². The molecule has 7 heteroatoms. The molecule has 2 aromatic rings. The molecule has 0 spiro atoms. The Morgan fingerprint density at radius 3 is 2.43 bits per heavy atom. The van der Waals surface area contributed by atoms with Crippen LogP contribution in [-0.4, -0.2) is 27.8 Å². The highest BCUT2D eigenvalue weighted by molar-refractivity contribution is 5.99. The number of hydrogen-bond acceptors (Lipinski definition) is 5. The number of hydrogen-bond donors (Lipinski definition) is 0. The minimum absolute atomic E-state index is 0.0193. The summed E-state index contributed by atoms with van der Waals surface area (Å²) in [4.78, 5) is 34.0. The summed E-state index contributed by atoms with van der Waals surface area (Å²) in [5.41, 5.74) is 1.37. The Kier molecular flexibility index (Phi) is 4.90. The van der Waals surface area contributed by atoms with Crippen molar-refractivity contribution in [3.63, 3.8) is 0 Å². The summed E-state index contributed by atoms with van der Waals surface area (Å²) in [5.74, 6) is -1.11. The monoisotopic (exact) mass is 316 g/mol. The van der Waals surface area contributed by atoms with Crippen molar-refractivity contribution in [3.05, 3.63) is 63.5 Å². The van der Waals surface area contributed by atoms with E-state index in [1.54, 1.807) is 12.1 Å². The average molecular weight is 316 g/mol. The van der Waals surface area contributed by atoms with Crippen LogP contribution in [0.25, 0.3) is 0 Å². The van der Waals surface area contributed by atoms with Gasteiger partial charge in [0.1, 0.15) is 5.69 Å². The van der Waals surface area contributed by atoms with Crippen LogP contribution in [0.15, 0.2) is 36.5 Å². The highest BCUT2D eigenvalue weighted by Crippen LogP contribution is 2.16. The summed E-state index contributed by atoms with van der Waals surface area (Å²) in [6.07, 6.45) is 2.08. The summed E-state index contributed by atoms with van der Waals surface area (Å²) in [6.45, 7) is 1.60. The van der Waals surface area contributed by atoms with Gasteiger partial charge in [0.2, 0.25) is 0 Å². The molecule has 0 bridgehead atoms. The number of aromatic nitrogens is 1. The number of nitrogens with zero attached hydrogens (tertiary/aromatic N) is 2. The highest BCUT2D eigenvalue weighted by Gasteiger charge is 2.19. The second-order valence-corrected chi connectivity index (χ2v) is 5.00. The normalized spacial score (nSPS) is 10.3. The molecule has 0 amide bonds. The Morgan fingerprint density at radius 1 is 1.26 bits per heavy atom. The van der Waals surface area contributed by atoms with Gasteiger partial charge in [-0.1, -0.05) is 31.2 Å². The Morgan fingerprint density at radius 2 is 1.91 bits per heavy atom. The molecule has 0 aliphatic rings. The first-order chi connectivity index (χ1) is 10.9. The molecule has 0 N–H and O–H groups in total. The van der Waals surface area contributed by atoms with Crippen LogP contribution >= 0.6 is 0 Å². The number of carbonyl (C=O) groups is 2. The number of ether oxygens (including phenoxy) is 1. The minimum Gasteiger partial charge on any atom is -0.453 e. The lowest BCUT2D eigenvalue weighted by molar-refractivity contribution is -0.384. The van der Waals surface area contributed by atoms with Crippen LogP contribution in [0.3, 0.4) is 0 Å². The lowest BCUT2D eigenvalue weighted by atomic mass is 10.1. The van der Waals surface area contributed by atoms with Gasteiger partial charge in [0.15, 0.2) is 12.4 Å². The summed E-state index contributed by atoms with van der Waals surface area (Å²) < 4.78 is 6.24. The van der Waals surface area contributed by atoms with Gasteiger partial charge in [-0.3, -0.25) is 14.9 Å². The van der Waals surface area contributed by atoms with E-state index >= 15 is 0 Å². The molecule has 1 aromatic carbocycles. The Balaban J connectivity index is 2.00. The van der Waals surface area contributed by atoms with Crippen molar-refractivity contribution in [1.82, 2.24) is 4.57 Å². The van der Waals surface area contributed by atoms with Crippen molar-refractivity contribution in [2.45, 2.75) is 13.3 Å². The van der Waals surface area contributed by atoms with E-state index in [9.17, 15) is 19.7 Å². The molecule has 0 saturated heterocycles. The summed E-state index contributed by atoms with van der Waals surface area (Å²) >= 11 is 0. The number of ketones is 1. The predicted molar refractivity (Wildman–Crippen MR) is 82.5 cm³/mol. The van der Waals surface area contributed by atoms with Gasteiger partial charge in [0, 0.05) is 18.7 Å². The van der Waals surface area contributed by atoms with E-state index in [2.05, 4.69) is 0 Å². The quantitative estimate of drug-likeness (QED) is 0.353. The number of esters is 1. The van der Waals surface area contributed by atoms with E-state index in [1.807, 2.05) is 19.1 Å². The highest BCUT2D eigenvalue weighted by atomic mass is 16.6. The largest absolute Gasteiger partial charge is 0.453 e. The first-order valence-electron chi connectivity index (χ1n) is 7.02. The van der Waals surface area contributed by atoms with Gasteiger partial charge in [0.25, 0.3) is 5.69 Å². The van der Waals surface area contributed by atoms with E-state index in [4.69, 9.17) is 4.74 Å². The van der Waals surface area contributed by atoms with E-state index in [1.165, 1.54) is 17.8 Å². The van der Waals surface area contributed by atoms with Crippen molar-refractivity contribution in [1.29, 1.82) is 0 Å². The van der Waals surface area contributed by atoms with Crippen molar-refractivity contribution in [3.8, 4) is 0 Å². The fourth-order valence-corrected chi connectivity index (χ4v) is 2.06. The fourth-order valence-electron chi connectivity index (χ4n) is 2.06. The second kappa shape index (κ2) is 6.87. The first kappa shape index (κ1) is 16.4. The molecule has 0 aliphatic carbocycles. The third-order valence-electron chi connectivity index (χ3n) is 3.43. The maximum Gasteiger partial charge on any atom is 0.355 e. The SMILES string of the molecule is CCc1ccc(C(=O)COC(=O)c2cc([N+](=O)[O-])cn2C)cc1. The van der Waals surface area contributed by atoms with Gasteiger partial charge >= 0.3 is 5.97 Å². The number of benzene rings is 1. The number of nitro groups is 1. The zero-order chi connectivity index (χ0) is 17.0. The third-order valence-corrected chi connectivity index (χ3v) is 3.43. The maximum absolute atomic E-state index is 12.0. The third kappa shape index (κ3) is 3.82. The second-order valence-electron chi connectivity index (χ2n) is 5.00.